The van der Waals surface area contributed by atoms with Gasteiger partial charge >= 0.3 is 0 Å². The second-order valence-corrected chi connectivity index (χ2v) is 3.94. The van der Waals surface area contributed by atoms with Crippen molar-refractivity contribution in [3.63, 3.8) is 0 Å². The molecule has 4 nitrogen and oxygen atoms in total. The topological polar surface area (TPSA) is 66.7 Å². The summed E-state index contributed by atoms with van der Waals surface area (Å²) in [5, 5.41) is 3.88. The maximum atomic E-state index is 6.04. The van der Waals surface area contributed by atoms with Crippen molar-refractivity contribution >= 4 is 23.2 Å². The smallest absolute Gasteiger partial charge is 0.169 e. The van der Waals surface area contributed by atoms with Crippen LogP contribution in [0.4, 0.5) is 11.6 Å². The van der Waals surface area contributed by atoms with E-state index in [0.29, 0.717) is 18.2 Å². The highest BCUT2D eigenvalue weighted by Crippen LogP contribution is 2.18. The zero-order valence-electron chi connectivity index (χ0n) is 8.92. The normalized spacial score (nSPS) is 10.4. The first-order valence-corrected chi connectivity index (χ1v) is 5.34. The van der Waals surface area contributed by atoms with Gasteiger partial charge in [-0.1, -0.05) is 29.8 Å². The maximum absolute atomic E-state index is 6.04. The zero-order chi connectivity index (χ0) is 11.5. The molecule has 0 spiro atoms. The van der Waals surface area contributed by atoms with Crippen molar-refractivity contribution in [3.8, 4) is 0 Å². The van der Waals surface area contributed by atoms with Crippen LogP contribution < -0.4 is 11.1 Å². The lowest BCUT2D eigenvalue weighted by Crippen LogP contribution is -2.02. The van der Waals surface area contributed by atoms with Crippen molar-refractivity contribution in [3.05, 3.63) is 40.7 Å². The zero-order valence-corrected chi connectivity index (χ0v) is 9.67. The Labute approximate surface area is 98.8 Å². The van der Waals surface area contributed by atoms with E-state index in [-0.39, 0.29) is 0 Å². The summed E-state index contributed by atoms with van der Waals surface area (Å²) < 4.78 is 0. The summed E-state index contributed by atoms with van der Waals surface area (Å²) in [5.74, 6) is 2.00. The molecule has 0 aliphatic rings. The molecule has 0 fully saturated rings. The molecule has 0 amide bonds. The molecule has 1 aromatic carbocycles. The molecule has 0 aliphatic heterocycles. The first-order chi connectivity index (χ1) is 7.66. The summed E-state index contributed by atoms with van der Waals surface area (Å²) in [6.07, 6.45) is 0. The Morgan fingerprint density at radius 1 is 1.44 bits per heavy atom. The van der Waals surface area contributed by atoms with Gasteiger partial charge in [-0.2, -0.15) is 0 Å². The summed E-state index contributed by atoms with van der Waals surface area (Å²) in [5.41, 5.74) is 6.75. The van der Waals surface area contributed by atoms with E-state index in [4.69, 9.17) is 17.3 Å². The molecule has 0 bridgehead atoms. The molecule has 0 aliphatic carbocycles. The van der Waals surface area contributed by atoms with Crippen molar-refractivity contribution in [2.75, 3.05) is 11.1 Å². The highest BCUT2D eigenvalue weighted by molar-refractivity contribution is 6.31. The third kappa shape index (κ3) is 2.28. The molecular formula is C11H13ClN4. The SMILES string of the molecule is Cc1nc(NCc2ccccc2Cl)c(N)[nH]1. The van der Waals surface area contributed by atoms with Gasteiger partial charge in [-0.05, 0) is 18.6 Å². The van der Waals surface area contributed by atoms with Gasteiger partial charge in [-0.15, -0.1) is 0 Å². The number of aromatic amines is 1. The predicted molar refractivity (Wildman–Crippen MR) is 66.5 cm³/mol. The summed E-state index contributed by atoms with van der Waals surface area (Å²) in [7, 11) is 0. The van der Waals surface area contributed by atoms with Gasteiger partial charge in [0.2, 0.25) is 0 Å². The van der Waals surface area contributed by atoms with Crippen LogP contribution in [0, 0.1) is 6.92 Å². The van der Waals surface area contributed by atoms with Gasteiger partial charge in [0, 0.05) is 11.6 Å². The Balaban J connectivity index is 2.08. The van der Waals surface area contributed by atoms with E-state index in [1.165, 1.54) is 0 Å². The van der Waals surface area contributed by atoms with Crippen LogP contribution in [0.1, 0.15) is 11.4 Å². The number of nitrogen functional groups attached to an aromatic ring is 1. The van der Waals surface area contributed by atoms with Crippen molar-refractivity contribution in [2.45, 2.75) is 13.5 Å². The molecule has 0 saturated carbocycles. The minimum atomic E-state index is 0.546. The Kier molecular flexibility index (Phi) is 3.01. The van der Waals surface area contributed by atoms with Gasteiger partial charge < -0.3 is 16.0 Å². The van der Waals surface area contributed by atoms with E-state index in [1.54, 1.807) is 0 Å². The van der Waals surface area contributed by atoms with Crippen LogP contribution in [-0.4, -0.2) is 9.97 Å². The molecular weight excluding hydrogens is 224 g/mol. The molecule has 2 rings (SSSR count). The number of benzene rings is 1. The molecule has 0 saturated heterocycles. The van der Waals surface area contributed by atoms with E-state index in [1.807, 2.05) is 31.2 Å². The largest absolute Gasteiger partial charge is 0.382 e. The number of hydrogen-bond donors (Lipinski definition) is 3. The molecule has 84 valence electrons. The minimum absolute atomic E-state index is 0.546. The molecule has 0 unspecified atom stereocenters. The quantitative estimate of drug-likeness (QED) is 0.767. The third-order valence-electron chi connectivity index (χ3n) is 2.25. The fraction of sp³-hybridized carbons (Fsp3) is 0.182. The summed E-state index contributed by atoms with van der Waals surface area (Å²) in [6, 6.07) is 7.67. The molecule has 0 atom stereocenters. The van der Waals surface area contributed by atoms with E-state index >= 15 is 0 Å². The molecule has 16 heavy (non-hydrogen) atoms. The molecule has 4 N–H and O–H groups in total. The Morgan fingerprint density at radius 2 is 2.19 bits per heavy atom. The fourth-order valence-corrected chi connectivity index (χ4v) is 1.67. The van der Waals surface area contributed by atoms with Crippen LogP contribution in [0.2, 0.25) is 5.02 Å². The molecule has 1 heterocycles. The average molecular weight is 237 g/mol. The number of nitrogens with one attached hydrogen (secondary N) is 2. The van der Waals surface area contributed by atoms with Gasteiger partial charge in [0.15, 0.2) is 5.82 Å². The van der Waals surface area contributed by atoms with E-state index < -0.39 is 0 Å². The lowest BCUT2D eigenvalue weighted by molar-refractivity contribution is 1.10. The van der Waals surface area contributed by atoms with Gasteiger partial charge in [0.1, 0.15) is 11.6 Å². The number of aromatic nitrogens is 2. The number of imidazole rings is 1. The third-order valence-corrected chi connectivity index (χ3v) is 2.62. The summed E-state index contributed by atoms with van der Waals surface area (Å²) >= 11 is 6.04. The number of anilines is 2. The number of halogens is 1. The van der Waals surface area contributed by atoms with Crippen LogP contribution in [0.3, 0.4) is 0 Å². The predicted octanol–water partition coefficient (Wildman–Crippen LogP) is 2.57. The minimum Gasteiger partial charge on any atom is -0.382 e. The van der Waals surface area contributed by atoms with Crippen molar-refractivity contribution in [1.29, 1.82) is 0 Å². The highest BCUT2D eigenvalue weighted by atomic mass is 35.5. The van der Waals surface area contributed by atoms with Gasteiger partial charge in [-0.25, -0.2) is 4.98 Å². The number of hydrogen-bond acceptors (Lipinski definition) is 3. The second kappa shape index (κ2) is 4.45. The summed E-state index contributed by atoms with van der Waals surface area (Å²) in [4.78, 5) is 7.15. The lowest BCUT2D eigenvalue weighted by Gasteiger charge is -2.05. The van der Waals surface area contributed by atoms with Gasteiger partial charge in [0.25, 0.3) is 0 Å². The first kappa shape index (κ1) is 10.8. The van der Waals surface area contributed by atoms with E-state index in [0.717, 1.165) is 16.4 Å². The Bertz CT molecular complexity index is 492. The lowest BCUT2D eigenvalue weighted by atomic mass is 10.2. The van der Waals surface area contributed by atoms with Crippen LogP contribution in [-0.2, 0) is 6.54 Å². The number of H-pyrrole nitrogens is 1. The molecule has 5 heteroatoms. The van der Waals surface area contributed by atoms with Gasteiger partial charge in [0.05, 0.1) is 0 Å². The van der Waals surface area contributed by atoms with Gasteiger partial charge in [-0.3, -0.25) is 0 Å². The summed E-state index contributed by atoms with van der Waals surface area (Å²) in [6.45, 7) is 2.46. The highest BCUT2D eigenvalue weighted by Gasteiger charge is 2.05. The number of aryl methyl sites for hydroxylation is 1. The Morgan fingerprint density at radius 3 is 2.81 bits per heavy atom. The fourth-order valence-electron chi connectivity index (χ4n) is 1.47. The van der Waals surface area contributed by atoms with Crippen LogP contribution >= 0.6 is 11.6 Å². The monoisotopic (exact) mass is 236 g/mol. The second-order valence-electron chi connectivity index (χ2n) is 3.53. The van der Waals surface area contributed by atoms with Crippen molar-refractivity contribution < 1.29 is 0 Å². The number of nitrogens with two attached hydrogens (primary N) is 1. The number of nitrogens with zero attached hydrogens (tertiary/aromatic N) is 1. The molecule has 1 aromatic heterocycles. The van der Waals surface area contributed by atoms with E-state index in [2.05, 4.69) is 15.3 Å². The van der Waals surface area contributed by atoms with Crippen LogP contribution in [0.5, 0.6) is 0 Å². The number of rotatable bonds is 3. The van der Waals surface area contributed by atoms with Crippen molar-refractivity contribution in [1.82, 2.24) is 9.97 Å². The maximum Gasteiger partial charge on any atom is 0.169 e. The molecule has 2 aromatic rings. The van der Waals surface area contributed by atoms with E-state index in [9.17, 15) is 0 Å². The first-order valence-electron chi connectivity index (χ1n) is 4.96. The van der Waals surface area contributed by atoms with Crippen molar-refractivity contribution in [2.24, 2.45) is 0 Å². The Hall–Kier alpha value is -1.68. The standard InChI is InChI=1S/C11H13ClN4/c1-7-15-10(13)11(16-7)14-6-8-4-2-3-5-9(8)12/h2-5,14H,6,13H2,1H3,(H,15,16). The average Bonchev–Trinajstić information content (AvgIpc) is 2.56. The van der Waals surface area contributed by atoms with Crippen LogP contribution in [0.25, 0.3) is 0 Å². The molecule has 0 radical (unpaired) electrons. The van der Waals surface area contributed by atoms with Crippen LogP contribution in [0.15, 0.2) is 24.3 Å².